The number of carbonyl (C=O) groups excluding carboxylic acids is 2. The van der Waals surface area contributed by atoms with E-state index in [-0.39, 0.29) is 5.97 Å². The fraction of sp³-hybridized carbons (Fsp3) is 0.931. The number of nitrogens with zero attached hydrogens (tertiary/aromatic N) is 1. The van der Waals surface area contributed by atoms with Crippen LogP contribution in [0.3, 0.4) is 0 Å². The average Bonchev–Trinajstić information content (AvgIpc) is 2.84. The lowest BCUT2D eigenvalue weighted by molar-refractivity contribution is -0.148. The largest absolute Gasteiger partial charge is 0.464 e. The number of amides is 1. The molecule has 0 bridgehead atoms. The molecule has 0 spiro atoms. The van der Waals surface area contributed by atoms with Crippen LogP contribution < -0.4 is 0 Å². The number of unbranched alkanes of at least 4 members (excludes halogenated alkanes) is 18. The standard InChI is InChI=1S/C29H57NO4/c1-5-7-9-11-12-13-14-15-16-17-18-19-20-21-22-24-25-33-28(31)27(3)30(4)29(32)34-26-23-10-8-6-2/h27H,5-26H2,1-4H3. The van der Waals surface area contributed by atoms with Crippen LogP contribution in [0, 0.1) is 0 Å². The fourth-order valence-electron chi connectivity index (χ4n) is 4.05. The molecule has 1 atom stereocenters. The van der Waals surface area contributed by atoms with E-state index in [0.717, 1.165) is 38.5 Å². The smallest absolute Gasteiger partial charge is 0.410 e. The van der Waals surface area contributed by atoms with Gasteiger partial charge in [-0.05, 0) is 19.8 Å². The third kappa shape index (κ3) is 20.1. The molecule has 0 N–H and O–H groups in total. The normalized spacial score (nSPS) is 11.9. The van der Waals surface area contributed by atoms with Crippen molar-refractivity contribution in [3.05, 3.63) is 0 Å². The minimum Gasteiger partial charge on any atom is -0.464 e. The van der Waals surface area contributed by atoms with Crippen molar-refractivity contribution in [3.8, 4) is 0 Å². The van der Waals surface area contributed by atoms with E-state index in [1.165, 1.54) is 94.8 Å². The van der Waals surface area contributed by atoms with Crippen molar-refractivity contribution in [2.45, 2.75) is 155 Å². The lowest BCUT2D eigenvalue weighted by Crippen LogP contribution is -2.41. The zero-order chi connectivity index (χ0) is 25.3. The topological polar surface area (TPSA) is 55.8 Å². The summed E-state index contributed by atoms with van der Waals surface area (Å²) in [5.41, 5.74) is 0. The third-order valence-corrected chi connectivity index (χ3v) is 6.68. The average molecular weight is 484 g/mol. The highest BCUT2D eigenvalue weighted by Gasteiger charge is 2.24. The van der Waals surface area contributed by atoms with Crippen LogP contribution in [0.2, 0.25) is 0 Å². The highest BCUT2D eigenvalue weighted by Crippen LogP contribution is 2.14. The molecule has 0 aliphatic heterocycles. The maximum absolute atomic E-state index is 12.2. The first kappa shape index (κ1) is 32.7. The lowest BCUT2D eigenvalue weighted by Gasteiger charge is -2.22. The van der Waals surface area contributed by atoms with E-state index in [1.54, 1.807) is 14.0 Å². The maximum Gasteiger partial charge on any atom is 0.410 e. The summed E-state index contributed by atoms with van der Waals surface area (Å²) in [6, 6.07) is -0.621. The van der Waals surface area contributed by atoms with Crippen molar-refractivity contribution in [1.82, 2.24) is 4.90 Å². The molecular formula is C29H57NO4. The van der Waals surface area contributed by atoms with Gasteiger partial charge in [0.05, 0.1) is 13.2 Å². The first-order chi connectivity index (χ1) is 16.5. The summed E-state index contributed by atoms with van der Waals surface area (Å²) in [6.45, 7) is 6.95. The van der Waals surface area contributed by atoms with Crippen LogP contribution in [0.1, 0.15) is 149 Å². The van der Waals surface area contributed by atoms with Crippen molar-refractivity contribution in [1.29, 1.82) is 0 Å². The molecule has 0 fully saturated rings. The molecule has 0 aromatic heterocycles. The minimum absolute atomic E-state index is 0.355. The Bertz CT molecular complexity index is 469. The van der Waals surface area contributed by atoms with E-state index >= 15 is 0 Å². The van der Waals surface area contributed by atoms with Gasteiger partial charge in [-0.1, -0.05) is 129 Å². The van der Waals surface area contributed by atoms with Gasteiger partial charge in [-0.2, -0.15) is 0 Å². The Morgan fingerprint density at radius 2 is 0.882 bits per heavy atom. The van der Waals surface area contributed by atoms with Gasteiger partial charge in [0.2, 0.25) is 0 Å². The van der Waals surface area contributed by atoms with Crippen molar-refractivity contribution in [2.75, 3.05) is 20.3 Å². The zero-order valence-electron chi connectivity index (χ0n) is 23.2. The number of hydrogen-bond acceptors (Lipinski definition) is 4. The second-order valence-electron chi connectivity index (χ2n) is 9.93. The Morgan fingerprint density at radius 3 is 1.29 bits per heavy atom. The number of carbonyl (C=O) groups is 2. The molecule has 0 saturated heterocycles. The van der Waals surface area contributed by atoms with Crippen LogP contribution in [0.4, 0.5) is 4.79 Å². The molecule has 0 heterocycles. The lowest BCUT2D eigenvalue weighted by atomic mass is 10.0. The molecule has 0 rings (SSSR count). The molecule has 202 valence electrons. The molecule has 0 radical (unpaired) electrons. The second-order valence-corrected chi connectivity index (χ2v) is 9.93. The SMILES string of the molecule is CCCCCCCCCCCCCCCCCCOC(=O)C(C)N(C)C(=O)OCCCCCC. The molecule has 5 nitrogen and oxygen atoms in total. The number of likely N-dealkylation sites (N-methyl/N-ethyl adjacent to an activating group) is 1. The Hall–Kier alpha value is -1.26. The van der Waals surface area contributed by atoms with Crippen LogP contribution in [-0.2, 0) is 14.3 Å². The number of hydrogen-bond donors (Lipinski definition) is 0. The van der Waals surface area contributed by atoms with Crippen LogP contribution in [0.15, 0.2) is 0 Å². The van der Waals surface area contributed by atoms with Crippen molar-refractivity contribution < 1.29 is 19.1 Å². The molecule has 1 amide bonds. The third-order valence-electron chi connectivity index (χ3n) is 6.68. The predicted molar refractivity (Wildman–Crippen MR) is 143 cm³/mol. The van der Waals surface area contributed by atoms with Crippen LogP contribution in [0.25, 0.3) is 0 Å². The van der Waals surface area contributed by atoms with E-state index < -0.39 is 12.1 Å². The summed E-state index contributed by atoms with van der Waals surface area (Å²) in [6.07, 6.45) is 24.9. The van der Waals surface area contributed by atoms with Gasteiger partial charge >= 0.3 is 12.1 Å². The highest BCUT2D eigenvalue weighted by atomic mass is 16.6. The van der Waals surface area contributed by atoms with Gasteiger partial charge in [0.25, 0.3) is 0 Å². The van der Waals surface area contributed by atoms with Gasteiger partial charge in [0.1, 0.15) is 6.04 Å². The summed E-state index contributed by atoms with van der Waals surface area (Å²) >= 11 is 0. The van der Waals surface area contributed by atoms with Crippen molar-refractivity contribution in [2.24, 2.45) is 0 Å². The highest BCUT2D eigenvalue weighted by molar-refractivity contribution is 5.80. The second kappa shape index (κ2) is 24.9. The maximum atomic E-state index is 12.2. The van der Waals surface area contributed by atoms with E-state index in [1.807, 2.05) is 0 Å². The summed E-state index contributed by atoms with van der Waals surface area (Å²) < 4.78 is 10.6. The fourth-order valence-corrected chi connectivity index (χ4v) is 4.05. The number of esters is 1. The molecule has 0 aromatic rings. The van der Waals surface area contributed by atoms with Gasteiger partial charge in [-0.3, -0.25) is 4.90 Å². The first-order valence-corrected chi connectivity index (χ1v) is 14.6. The van der Waals surface area contributed by atoms with Gasteiger partial charge < -0.3 is 9.47 Å². The molecule has 0 aliphatic rings. The molecule has 5 heteroatoms. The van der Waals surface area contributed by atoms with Crippen molar-refractivity contribution >= 4 is 12.1 Å². The van der Waals surface area contributed by atoms with Crippen LogP contribution in [-0.4, -0.2) is 43.3 Å². The molecule has 1 unspecified atom stereocenters. The first-order valence-electron chi connectivity index (χ1n) is 14.6. The minimum atomic E-state index is -0.621. The Balaban J connectivity index is 3.49. The van der Waals surface area contributed by atoms with Crippen molar-refractivity contribution in [3.63, 3.8) is 0 Å². The van der Waals surface area contributed by atoms with Gasteiger partial charge in [-0.25, -0.2) is 9.59 Å². The van der Waals surface area contributed by atoms with Crippen LogP contribution >= 0.6 is 0 Å². The summed E-state index contributed by atoms with van der Waals surface area (Å²) in [4.78, 5) is 25.6. The zero-order valence-corrected chi connectivity index (χ0v) is 23.2. The van der Waals surface area contributed by atoms with Crippen LogP contribution in [0.5, 0.6) is 0 Å². The Kier molecular flexibility index (Phi) is 23.9. The summed E-state index contributed by atoms with van der Waals surface area (Å²) in [5, 5.41) is 0. The molecule has 34 heavy (non-hydrogen) atoms. The predicted octanol–water partition coefficient (Wildman–Crippen LogP) is 8.83. The molecule has 0 saturated carbocycles. The summed E-state index contributed by atoms with van der Waals surface area (Å²) in [5.74, 6) is -0.355. The van der Waals surface area contributed by atoms with Gasteiger partial charge in [-0.15, -0.1) is 0 Å². The van der Waals surface area contributed by atoms with E-state index in [4.69, 9.17) is 9.47 Å². The summed E-state index contributed by atoms with van der Waals surface area (Å²) in [7, 11) is 1.59. The van der Waals surface area contributed by atoms with E-state index in [9.17, 15) is 9.59 Å². The Labute approximate surface area is 211 Å². The quantitative estimate of drug-likeness (QED) is 0.102. The number of rotatable bonds is 24. The monoisotopic (exact) mass is 483 g/mol. The number of ether oxygens (including phenoxy) is 2. The molecule has 0 aromatic carbocycles. The Morgan fingerprint density at radius 1 is 0.559 bits per heavy atom. The molecular weight excluding hydrogens is 426 g/mol. The van der Waals surface area contributed by atoms with E-state index in [0.29, 0.717) is 13.2 Å². The van der Waals surface area contributed by atoms with Gasteiger partial charge in [0, 0.05) is 7.05 Å². The van der Waals surface area contributed by atoms with E-state index in [2.05, 4.69) is 13.8 Å². The van der Waals surface area contributed by atoms with Gasteiger partial charge in [0.15, 0.2) is 0 Å². The molecule has 0 aliphatic carbocycles.